The number of aliphatic hydroxyl groups is 1. The molecule has 2 unspecified atom stereocenters. The van der Waals surface area contributed by atoms with Crippen LogP contribution in [0.2, 0.25) is 0 Å². The highest BCUT2D eigenvalue weighted by Gasteiger charge is 2.31. The smallest absolute Gasteiger partial charge is 0.0771 e. The van der Waals surface area contributed by atoms with E-state index >= 15 is 0 Å². The van der Waals surface area contributed by atoms with Crippen LogP contribution in [0.4, 0.5) is 0 Å². The third-order valence-electron chi connectivity index (χ3n) is 4.22. The van der Waals surface area contributed by atoms with Crippen molar-refractivity contribution >= 4 is 11.8 Å². The summed E-state index contributed by atoms with van der Waals surface area (Å²) in [4.78, 5) is 0. The van der Waals surface area contributed by atoms with Crippen LogP contribution in [0, 0.1) is 0 Å². The minimum atomic E-state index is -0.393. The van der Waals surface area contributed by atoms with Crippen molar-refractivity contribution in [3.8, 4) is 0 Å². The Morgan fingerprint density at radius 1 is 1.25 bits per heavy atom. The summed E-state index contributed by atoms with van der Waals surface area (Å²) in [6.07, 6.45) is 11.8. The summed E-state index contributed by atoms with van der Waals surface area (Å²) in [5, 5.41) is 14.8. The first kappa shape index (κ1) is 12.7. The van der Waals surface area contributed by atoms with Crippen molar-refractivity contribution in [2.75, 3.05) is 12.8 Å². The Kier molecular flexibility index (Phi) is 4.57. The average Bonchev–Trinajstić information content (AvgIpc) is 2.75. The highest BCUT2D eigenvalue weighted by molar-refractivity contribution is 7.99. The summed E-state index contributed by atoms with van der Waals surface area (Å²) < 4.78 is 0. The van der Waals surface area contributed by atoms with E-state index in [4.69, 9.17) is 0 Å². The Hall–Kier alpha value is 0.270. The quantitative estimate of drug-likeness (QED) is 0.796. The summed E-state index contributed by atoms with van der Waals surface area (Å²) in [6.45, 7) is 0.818. The van der Waals surface area contributed by atoms with E-state index in [9.17, 15) is 5.11 Å². The highest BCUT2D eigenvalue weighted by Crippen LogP contribution is 2.30. The molecular weight excluding hydrogens is 218 g/mol. The first-order chi connectivity index (χ1) is 7.72. The minimum Gasteiger partial charge on any atom is -0.389 e. The molecule has 16 heavy (non-hydrogen) atoms. The molecule has 0 aromatic carbocycles. The van der Waals surface area contributed by atoms with E-state index in [1.54, 1.807) is 0 Å². The Labute approximate surface area is 104 Å². The lowest BCUT2D eigenvalue weighted by Gasteiger charge is -2.33. The third kappa shape index (κ3) is 3.38. The van der Waals surface area contributed by atoms with Crippen LogP contribution < -0.4 is 5.32 Å². The van der Waals surface area contributed by atoms with E-state index in [1.807, 2.05) is 11.8 Å². The second-order valence-corrected chi connectivity index (χ2v) is 6.67. The molecule has 0 spiro atoms. The zero-order valence-corrected chi connectivity index (χ0v) is 11.2. The largest absolute Gasteiger partial charge is 0.389 e. The number of rotatable bonds is 4. The van der Waals surface area contributed by atoms with Gasteiger partial charge in [-0.1, -0.05) is 19.3 Å². The maximum absolute atomic E-state index is 10.4. The summed E-state index contributed by atoms with van der Waals surface area (Å²) in [6, 6.07) is 0.656. The first-order valence-electron chi connectivity index (χ1n) is 6.70. The molecule has 0 heterocycles. The predicted octanol–water partition coefficient (Wildman–Crippen LogP) is 2.56. The molecular formula is C13H25NOS. The van der Waals surface area contributed by atoms with E-state index in [0.717, 1.165) is 24.6 Å². The molecule has 2 nitrogen and oxygen atoms in total. The summed E-state index contributed by atoms with van der Waals surface area (Å²) >= 11 is 1.99. The van der Waals surface area contributed by atoms with E-state index < -0.39 is 5.60 Å². The van der Waals surface area contributed by atoms with Crippen molar-refractivity contribution in [2.45, 2.75) is 68.3 Å². The van der Waals surface area contributed by atoms with Crippen molar-refractivity contribution < 1.29 is 5.11 Å². The maximum Gasteiger partial charge on any atom is 0.0771 e. The predicted molar refractivity (Wildman–Crippen MR) is 71.0 cm³/mol. The number of hydrogen-bond donors (Lipinski definition) is 2. The van der Waals surface area contributed by atoms with Crippen molar-refractivity contribution in [3.05, 3.63) is 0 Å². The average molecular weight is 243 g/mol. The highest BCUT2D eigenvalue weighted by atomic mass is 32.2. The Bertz CT molecular complexity index is 216. The van der Waals surface area contributed by atoms with E-state index in [1.165, 1.54) is 38.5 Å². The zero-order chi connectivity index (χ0) is 11.4. The van der Waals surface area contributed by atoms with Crippen LogP contribution in [-0.2, 0) is 0 Å². The molecule has 0 bridgehead atoms. The van der Waals surface area contributed by atoms with Gasteiger partial charge in [0.1, 0.15) is 0 Å². The fourth-order valence-corrected chi connectivity index (χ4v) is 3.86. The summed E-state index contributed by atoms with van der Waals surface area (Å²) in [5.41, 5.74) is -0.393. The molecule has 3 heteroatoms. The number of hydrogen-bond acceptors (Lipinski definition) is 3. The van der Waals surface area contributed by atoms with Gasteiger partial charge in [0.05, 0.1) is 5.60 Å². The summed E-state index contributed by atoms with van der Waals surface area (Å²) in [5.74, 6) is 0. The third-order valence-corrected chi connectivity index (χ3v) is 5.32. The maximum atomic E-state index is 10.4. The molecule has 2 atom stereocenters. The van der Waals surface area contributed by atoms with Crippen LogP contribution in [0.15, 0.2) is 0 Å². The molecule has 2 aliphatic rings. The van der Waals surface area contributed by atoms with Crippen molar-refractivity contribution in [1.29, 1.82) is 0 Å². The van der Waals surface area contributed by atoms with Gasteiger partial charge in [0.2, 0.25) is 0 Å². The standard InChI is InChI=1S/C13H25NOS/c1-16-12-6-5-11(9-12)14-10-13(15)7-3-2-4-8-13/h11-12,14-15H,2-10H2,1H3. The monoisotopic (exact) mass is 243 g/mol. The second-order valence-electron chi connectivity index (χ2n) is 5.53. The summed E-state index contributed by atoms with van der Waals surface area (Å²) in [7, 11) is 0. The Morgan fingerprint density at radius 2 is 2.00 bits per heavy atom. The molecule has 2 fully saturated rings. The van der Waals surface area contributed by atoms with Gasteiger partial charge >= 0.3 is 0 Å². The van der Waals surface area contributed by atoms with Gasteiger partial charge in [-0.25, -0.2) is 0 Å². The fraction of sp³-hybridized carbons (Fsp3) is 1.00. The molecule has 0 aromatic heterocycles. The van der Waals surface area contributed by atoms with E-state index in [-0.39, 0.29) is 0 Å². The molecule has 2 aliphatic carbocycles. The molecule has 0 aliphatic heterocycles. The zero-order valence-electron chi connectivity index (χ0n) is 10.4. The molecule has 2 saturated carbocycles. The van der Waals surface area contributed by atoms with Gasteiger partial charge < -0.3 is 10.4 Å². The lowest BCUT2D eigenvalue weighted by Crippen LogP contribution is -2.45. The van der Waals surface area contributed by atoms with E-state index in [0.29, 0.717) is 6.04 Å². The molecule has 94 valence electrons. The molecule has 0 amide bonds. The van der Waals surface area contributed by atoms with Crippen LogP contribution in [0.25, 0.3) is 0 Å². The Balaban J connectivity index is 1.70. The molecule has 2 N–H and O–H groups in total. The lowest BCUT2D eigenvalue weighted by atomic mass is 9.85. The van der Waals surface area contributed by atoms with Crippen LogP contribution in [0.1, 0.15) is 51.4 Å². The fourth-order valence-electron chi connectivity index (χ4n) is 3.06. The van der Waals surface area contributed by atoms with Gasteiger partial charge in [0.15, 0.2) is 0 Å². The SMILES string of the molecule is CSC1CCC(NCC2(O)CCCCC2)C1. The van der Waals surface area contributed by atoms with Gasteiger partial charge in [-0.15, -0.1) is 0 Å². The molecule has 0 radical (unpaired) electrons. The normalized spacial score (nSPS) is 34.1. The van der Waals surface area contributed by atoms with Crippen LogP contribution >= 0.6 is 11.8 Å². The van der Waals surface area contributed by atoms with Crippen LogP contribution in [-0.4, -0.2) is 34.8 Å². The van der Waals surface area contributed by atoms with Crippen molar-refractivity contribution in [2.24, 2.45) is 0 Å². The Morgan fingerprint density at radius 3 is 2.62 bits per heavy atom. The minimum absolute atomic E-state index is 0.393. The van der Waals surface area contributed by atoms with Crippen LogP contribution in [0.5, 0.6) is 0 Å². The van der Waals surface area contributed by atoms with Gasteiger partial charge in [-0.05, 0) is 38.4 Å². The lowest BCUT2D eigenvalue weighted by molar-refractivity contribution is 0.00281. The van der Waals surface area contributed by atoms with Crippen LogP contribution in [0.3, 0.4) is 0 Å². The number of nitrogens with one attached hydrogen (secondary N) is 1. The molecule has 0 saturated heterocycles. The topological polar surface area (TPSA) is 32.3 Å². The molecule has 2 rings (SSSR count). The molecule has 0 aromatic rings. The van der Waals surface area contributed by atoms with Gasteiger partial charge in [0, 0.05) is 17.8 Å². The van der Waals surface area contributed by atoms with Gasteiger partial charge in [-0.2, -0.15) is 11.8 Å². The van der Waals surface area contributed by atoms with Crippen molar-refractivity contribution in [1.82, 2.24) is 5.32 Å². The van der Waals surface area contributed by atoms with Gasteiger partial charge in [0.25, 0.3) is 0 Å². The van der Waals surface area contributed by atoms with E-state index in [2.05, 4.69) is 11.6 Å². The first-order valence-corrected chi connectivity index (χ1v) is 7.99. The second kappa shape index (κ2) is 5.74. The number of thioether (sulfide) groups is 1. The van der Waals surface area contributed by atoms with Gasteiger partial charge in [-0.3, -0.25) is 0 Å². The van der Waals surface area contributed by atoms with Crippen molar-refractivity contribution in [3.63, 3.8) is 0 Å².